The van der Waals surface area contributed by atoms with Crippen LogP contribution < -0.4 is 5.32 Å². The lowest BCUT2D eigenvalue weighted by Gasteiger charge is -2.04. The van der Waals surface area contributed by atoms with Crippen LogP contribution in [0.5, 0.6) is 0 Å². The van der Waals surface area contributed by atoms with Gasteiger partial charge in [-0.15, -0.1) is 0 Å². The first-order valence-corrected chi connectivity index (χ1v) is 5.42. The summed E-state index contributed by atoms with van der Waals surface area (Å²) in [5.41, 5.74) is 1.65. The number of benzene rings is 1. The Bertz CT molecular complexity index is 494. The van der Waals surface area contributed by atoms with Gasteiger partial charge in [0.15, 0.2) is 0 Å². The molecule has 0 unspecified atom stereocenters. The van der Waals surface area contributed by atoms with Crippen LogP contribution in [0.3, 0.4) is 0 Å². The monoisotopic (exact) mass is 253 g/mol. The average molecular weight is 254 g/mol. The molecule has 0 bridgehead atoms. The largest absolute Gasteiger partial charge is 0.357 e. The van der Waals surface area contributed by atoms with Crippen LogP contribution in [0.4, 0.5) is 5.95 Å². The van der Waals surface area contributed by atoms with Crippen LogP contribution in [0, 0.1) is 0 Å². The smallest absolute Gasteiger partial charge is 0.222 e. The Labute approximate surface area is 103 Å². The number of hydrogen-bond acceptors (Lipinski definition) is 3. The van der Waals surface area contributed by atoms with Crippen molar-refractivity contribution in [1.29, 1.82) is 0 Å². The fourth-order valence-electron chi connectivity index (χ4n) is 1.34. The molecule has 0 radical (unpaired) electrons. The topological polar surface area (TPSA) is 37.8 Å². The third-order valence-electron chi connectivity index (χ3n) is 2.04. The Morgan fingerprint density at radius 1 is 1.12 bits per heavy atom. The van der Waals surface area contributed by atoms with E-state index in [1.54, 1.807) is 19.3 Å². The molecule has 1 heterocycles. The lowest BCUT2D eigenvalue weighted by Crippen LogP contribution is -1.96. The number of hydrogen-bond donors (Lipinski definition) is 1. The number of aromatic nitrogens is 2. The van der Waals surface area contributed by atoms with Crippen LogP contribution in [0.15, 0.2) is 30.5 Å². The van der Waals surface area contributed by atoms with Gasteiger partial charge in [0.1, 0.15) is 0 Å². The van der Waals surface area contributed by atoms with Crippen molar-refractivity contribution in [3.8, 4) is 11.3 Å². The molecule has 1 aromatic carbocycles. The minimum absolute atomic E-state index is 0.564. The standard InChI is InChI=1S/C11H9Cl2N3/c1-14-11-15-3-2-10(16-11)7-4-8(12)6-9(13)5-7/h2-6H,1H3,(H,14,15,16). The first kappa shape index (κ1) is 11.2. The molecule has 0 amide bonds. The maximum Gasteiger partial charge on any atom is 0.222 e. The van der Waals surface area contributed by atoms with E-state index in [9.17, 15) is 0 Å². The van der Waals surface area contributed by atoms with Crippen LogP contribution in [-0.2, 0) is 0 Å². The number of rotatable bonds is 2. The highest BCUT2D eigenvalue weighted by Crippen LogP contribution is 2.26. The van der Waals surface area contributed by atoms with Gasteiger partial charge in [0, 0.05) is 28.9 Å². The number of anilines is 1. The highest BCUT2D eigenvalue weighted by molar-refractivity contribution is 6.35. The molecule has 1 aromatic heterocycles. The highest BCUT2D eigenvalue weighted by atomic mass is 35.5. The molecule has 0 aliphatic rings. The van der Waals surface area contributed by atoms with Gasteiger partial charge >= 0.3 is 0 Å². The predicted molar refractivity (Wildman–Crippen MR) is 67.0 cm³/mol. The molecule has 0 spiro atoms. The van der Waals surface area contributed by atoms with E-state index in [-0.39, 0.29) is 0 Å². The molecule has 0 saturated carbocycles. The summed E-state index contributed by atoms with van der Waals surface area (Å²) in [5.74, 6) is 0.564. The minimum Gasteiger partial charge on any atom is -0.357 e. The van der Waals surface area contributed by atoms with Gasteiger partial charge in [0.2, 0.25) is 5.95 Å². The number of nitrogens with one attached hydrogen (secondary N) is 1. The van der Waals surface area contributed by atoms with E-state index in [4.69, 9.17) is 23.2 Å². The maximum atomic E-state index is 5.93. The normalized spacial score (nSPS) is 10.2. The molecule has 0 aliphatic carbocycles. The number of halogens is 2. The first-order valence-electron chi connectivity index (χ1n) is 4.66. The van der Waals surface area contributed by atoms with Crippen LogP contribution in [0.25, 0.3) is 11.3 Å². The molecular formula is C11H9Cl2N3. The van der Waals surface area contributed by atoms with Gasteiger partial charge in [0.25, 0.3) is 0 Å². The zero-order valence-corrected chi connectivity index (χ0v) is 10.0. The molecule has 2 rings (SSSR count). The Balaban J connectivity index is 2.49. The van der Waals surface area contributed by atoms with Gasteiger partial charge < -0.3 is 5.32 Å². The van der Waals surface area contributed by atoms with E-state index >= 15 is 0 Å². The summed E-state index contributed by atoms with van der Waals surface area (Å²) >= 11 is 11.9. The zero-order valence-electron chi connectivity index (χ0n) is 8.54. The van der Waals surface area contributed by atoms with Crippen molar-refractivity contribution < 1.29 is 0 Å². The van der Waals surface area contributed by atoms with Crippen molar-refractivity contribution in [2.45, 2.75) is 0 Å². The molecule has 16 heavy (non-hydrogen) atoms. The summed E-state index contributed by atoms with van der Waals surface area (Å²) in [5, 5.41) is 4.06. The summed E-state index contributed by atoms with van der Waals surface area (Å²) in [6.07, 6.45) is 1.68. The van der Waals surface area contributed by atoms with E-state index in [0.717, 1.165) is 11.3 Å². The molecule has 0 saturated heterocycles. The number of nitrogens with zero attached hydrogens (tertiary/aromatic N) is 2. The lowest BCUT2D eigenvalue weighted by atomic mass is 10.1. The zero-order chi connectivity index (χ0) is 11.5. The molecule has 0 atom stereocenters. The lowest BCUT2D eigenvalue weighted by molar-refractivity contribution is 1.15. The van der Waals surface area contributed by atoms with Crippen LogP contribution in [-0.4, -0.2) is 17.0 Å². The van der Waals surface area contributed by atoms with Crippen LogP contribution in [0.1, 0.15) is 0 Å². The molecule has 82 valence electrons. The second-order valence-corrected chi connectivity index (χ2v) is 4.05. The van der Waals surface area contributed by atoms with Crippen molar-refractivity contribution in [3.05, 3.63) is 40.5 Å². The van der Waals surface area contributed by atoms with Gasteiger partial charge in [-0.2, -0.15) is 0 Å². The van der Waals surface area contributed by atoms with E-state index in [1.807, 2.05) is 18.2 Å². The highest BCUT2D eigenvalue weighted by Gasteiger charge is 2.03. The second-order valence-electron chi connectivity index (χ2n) is 3.17. The van der Waals surface area contributed by atoms with Gasteiger partial charge in [0.05, 0.1) is 5.69 Å². The SMILES string of the molecule is CNc1nccc(-c2cc(Cl)cc(Cl)c2)n1. The molecule has 5 heteroatoms. The Morgan fingerprint density at radius 3 is 2.44 bits per heavy atom. The fraction of sp³-hybridized carbons (Fsp3) is 0.0909. The van der Waals surface area contributed by atoms with Crippen LogP contribution >= 0.6 is 23.2 Å². The third-order valence-corrected chi connectivity index (χ3v) is 2.47. The van der Waals surface area contributed by atoms with Crippen molar-refractivity contribution >= 4 is 29.2 Å². The van der Waals surface area contributed by atoms with Crippen molar-refractivity contribution in [2.24, 2.45) is 0 Å². The van der Waals surface area contributed by atoms with Crippen LogP contribution in [0.2, 0.25) is 10.0 Å². The quantitative estimate of drug-likeness (QED) is 0.891. The van der Waals surface area contributed by atoms with E-state index in [1.165, 1.54) is 0 Å². The Kier molecular flexibility index (Phi) is 3.27. The third kappa shape index (κ3) is 2.43. The Hall–Kier alpha value is -1.32. The van der Waals surface area contributed by atoms with E-state index in [2.05, 4.69) is 15.3 Å². The molecule has 2 aromatic rings. The van der Waals surface area contributed by atoms with Gasteiger partial charge in [-0.3, -0.25) is 0 Å². The van der Waals surface area contributed by atoms with Crippen molar-refractivity contribution in [3.63, 3.8) is 0 Å². The summed E-state index contributed by atoms with van der Waals surface area (Å²) in [4.78, 5) is 8.34. The first-order chi connectivity index (χ1) is 7.69. The summed E-state index contributed by atoms with van der Waals surface area (Å²) < 4.78 is 0. The van der Waals surface area contributed by atoms with Gasteiger partial charge in [-0.05, 0) is 24.3 Å². The predicted octanol–water partition coefficient (Wildman–Crippen LogP) is 3.49. The summed E-state index contributed by atoms with van der Waals surface area (Å²) in [6, 6.07) is 7.13. The average Bonchev–Trinajstić information content (AvgIpc) is 2.28. The molecule has 3 nitrogen and oxygen atoms in total. The molecular weight excluding hydrogens is 245 g/mol. The Morgan fingerprint density at radius 2 is 1.81 bits per heavy atom. The maximum absolute atomic E-state index is 5.93. The van der Waals surface area contributed by atoms with Crippen molar-refractivity contribution in [2.75, 3.05) is 12.4 Å². The van der Waals surface area contributed by atoms with E-state index < -0.39 is 0 Å². The molecule has 1 N–H and O–H groups in total. The molecule has 0 fully saturated rings. The summed E-state index contributed by atoms with van der Waals surface area (Å²) in [6.45, 7) is 0. The summed E-state index contributed by atoms with van der Waals surface area (Å²) in [7, 11) is 1.77. The minimum atomic E-state index is 0.564. The van der Waals surface area contributed by atoms with Crippen molar-refractivity contribution in [1.82, 2.24) is 9.97 Å². The fourth-order valence-corrected chi connectivity index (χ4v) is 1.87. The molecule has 0 aliphatic heterocycles. The van der Waals surface area contributed by atoms with Gasteiger partial charge in [-0.1, -0.05) is 23.2 Å². The van der Waals surface area contributed by atoms with E-state index in [0.29, 0.717) is 16.0 Å². The second kappa shape index (κ2) is 4.68. The van der Waals surface area contributed by atoms with Gasteiger partial charge in [-0.25, -0.2) is 9.97 Å².